The molecular formula is C28H40F3N3O3. The summed E-state index contributed by atoms with van der Waals surface area (Å²) in [6, 6.07) is 9.72. The zero-order valence-corrected chi connectivity index (χ0v) is 22.5. The highest BCUT2D eigenvalue weighted by molar-refractivity contribution is 5.82. The summed E-state index contributed by atoms with van der Waals surface area (Å²) in [7, 11) is 3.12. The van der Waals surface area contributed by atoms with Crippen LogP contribution >= 0.6 is 0 Å². The van der Waals surface area contributed by atoms with Crippen molar-refractivity contribution in [2.24, 2.45) is 11.8 Å². The van der Waals surface area contributed by atoms with E-state index in [1.54, 1.807) is 44.6 Å². The lowest BCUT2D eigenvalue weighted by Crippen LogP contribution is -2.53. The van der Waals surface area contributed by atoms with Gasteiger partial charge in [-0.2, -0.15) is 13.2 Å². The molecule has 3 atom stereocenters. The normalized spacial score (nSPS) is 14.2. The van der Waals surface area contributed by atoms with E-state index in [4.69, 9.17) is 9.47 Å². The molecule has 206 valence electrons. The lowest BCUT2D eigenvalue weighted by molar-refractivity contribution is -0.161. The zero-order chi connectivity index (χ0) is 27.6. The average molecular weight is 524 g/mol. The first kappa shape index (κ1) is 30.3. The van der Waals surface area contributed by atoms with Crippen LogP contribution in [0.2, 0.25) is 0 Å². The number of benzene rings is 2. The minimum absolute atomic E-state index is 0.0122. The monoisotopic (exact) mass is 523 g/mol. The van der Waals surface area contributed by atoms with Crippen molar-refractivity contribution < 1.29 is 27.4 Å². The Labute approximate surface area is 218 Å². The number of carbonyl (C=O) groups is 1. The molecule has 2 rings (SSSR count). The molecule has 0 radical (unpaired) electrons. The van der Waals surface area contributed by atoms with Crippen LogP contribution in [0.25, 0.3) is 0 Å². The van der Waals surface area contributed by atoms with Crippen molar-refractivity contribution in [2.45, 2.75) is 64.8 Å². The van der Waals surface area contributed by atoms with Gasteiger partial charge in [0.2, 0.25) is 5.91 Å². The van der Waals surface area contributed by atoms with Crippen molar-refractivity contribution in [1.82, 2.24) is 10.6 Å². The Morgan fingerprint density at radius 3 is 2.11 bits per heavy atom. The van der Waals surface area contributed by atoms with E-state index in [1.165, 1.54) is 12.1 Å². The molecule has 0 heterocycles. The van der Waals surface area contributed by atoms with E-state index in [2.05, 4.69) is 16.0 Å². The maximum absolute atomic E-state index is 14.0. The van der Waals surface area contributed by atoms with Crippen LogP contribution < -0.4 is 25.4 Å². The second-order valence-corrected chi connectivity index (χ2v) is 10.0. The van der Waals surface area contributed by atoms with E-state index >= 15 is 0 Å². The molecule has 9 heteroatoms. The third kappa shape index (κ3) is 9.80. The predicted octanol–water partition coefficient (Wildman–Crippen LogP) is 5.95. The summed E-state index contributed by atoms with van der Waals surface area (Å²) in [5.41, 5.74) is 0.799. The average Bonchev–Trinajstić information content (AvgIpc) is 2.84. The van der Waals surface area contributed by atoms with E-state index in [1.807, 2.05) is 33.8 Å². The zero-order valence-electron chi connectivity index (χ0n) is 22.5. The standard InChI is InChI=1S/C28H40F3N3O3/c1-18(2)14-21(17-32-23-13-12-22(36-5)16-25(23)37-6)33-27(35)24(15-19(3)4)34-26(28(29,30)31)20-10-8-7-9-11-20/h7-13,16,18-19,21,24,26,32,34H,14-15,17H2,1-6H3,(H,33,35)/t21-,24-,26-/m0/s1. The van der Waals surface area contributed by atoms with Crippen molar-refractivity contribution >= 4 is 11.6 Å². The van der Waals surface area contributed by atoms with Crippen LogP contribution in [-0.2, 0) is 4.79 Å². The number of alkyl halides is 3. The fourth-order valence-corrected chi connectivity index (χ4v) is 4.19. The molecule has 2 aromatic rings. The third-order valence-electron chi connectivity index (χ3n) is 5.90. The van der Waals surface area contributed by atoms with Gasteiger partial charge in [0, 0.05) is 18.7 Å². The summed E-state index contributed by atoms with van der Waals surface area (Å²) in [5, 5.41) is 8.91. The highest BCUT2D eigenvalue weighted by atomic mass is 19.4. The highest BCUT2D eigenvalue weighted by Gasteiger charge is 2.43. The van der Waals surface area contributed by atoms with Crippen LogP contribution in [0.1, 0.15) is 52.1 Å². The van der Waals surface area contributed by atoms with E-state index in [0.717, 1.165) is 5.69 Å². The summed E-state index contributed by atoms with van der Waals surface area (Å²) >= 11 is 0. The van der Waals surface area contributed by atoms with Crippen molar-refractivity contribution in [3.63, 3.8) is 0 Å². The van der Waals surface area contributed by atoms with Gasteiger partial charge in [-0.05, 0) is 42.4 Å². The molecule has 6 nitrogen and oxygen atoms in total. The molecule has 0 saturated carbocycles. The number of ether oxygens (including phenoxy) is 2. The van der Waals surface area contributed by atoms with Gasteiger partial charge in [0.25, 0.3) is 0 Å². The first-order chi connectivity index (χ1) is 17.4. The first-order valence-corrected chi connectivity index (χ1v) is 12.6. The second-order valence-electron chi connectivity index (χ2n) is 10.0. The van der Waals surface area contributed by atoms with Gasteiger partial charge >= 0.3 is 6.18 Å². The maximum Gasteiger partial charge on any atom is 0.407 e. The van der Waals surface area contributed by atoms with Gasteiger partial charge in [-0.1, -0.05) is 58.0 Å². The van der Waals surface area contributed by atoms with Gasteiger partial charge in [-0.3, -0.25) is 10.1 Å². The van der Waals surface area contributed by atoms with Crippen molar-refractivity contribution in [1.29, 1.82) is 0 Å². The Balaban J connectivity index is 2.21. The molecule has 2 aromatic carbocycles. The number of halogens is 3. The minimum atomic E-state index is -4.55. The van der Waals surface area contributed by atoms with Crippen LogP contribution in [0.5, 0.6) is 11.5 Å². The Morgan fingerprint density at radius 1 is 0.919 bits per heavy atom. The molecule has 0 aromatic heterocycles. The van der Waals surface area contributed by atoms with E-state index in [0.29, 0.717) is 24.5 Å². The van der Waals surface area contributed by atoms with Gasteiger partial charge in [0.05, 0.1) is 25.9 Å². The summed E-state index contributed by atoms with van der Waals surface area (Å²) < 4.78 is 52.7. The van der Waals surface area contributed by atoms with E-state index in [9.17, 15) is 18.0 Å². The van der Waals surface area contributed by atoms with Crippen LogP contribution in [0.3, 0.4) is 0 Å². The SMILES string of the molecule is COc1ccc(NC[C@H](CC(C)C)NC(=O)[C@H](CC(C)C)N[C@@H](c2ccccc2)C(F)(F)F)c(OC)c1. The lowest BCUT2D eigenvalue weighted by Gasteiger charge is -2.30. The molecule has 0 bridgehead atoms. The quantitative estimate of drug-likeness (QED) is 0.285. The number of methoxy groups -OCH3 is 2. The largest absolute Gasteiger partial charge is 0.497 e. The number of anilines is 1. The summed E-state index contributed by atoms with van der Waals surface area (Å²) in [5.74, 6) is 1.05. The van der Waals surface area contributed by atoms with Gasteiger partial charge in [0.1, 0.15) is 17.5 Å². The molecule has 37 heavy (non-hydrogen) atoms. The molecule has 0 aliphatic rings. The van der Waals surface area contributed by atoms with E-state index < -0.39 is 24.2 Å². The summed E-state index contributed by atoms with van der Waals surface area (Å²) in [6.07, 6.45) is -3.65. The minimum Gasteiger partial charge on any atom is -0.497 e. The number of carbonyl (C=O) groups excluding carboxylic acids is 1. The Morgan fingerprint density at radius 2 is 1.57 bits per heavy atom. The maximum atomic E-state index is 14.0. The number of nitrogens with one attached hydrogen (secondary N) is 3. The van der Waals surface area contributed by atoms with Gasteiger partial charge in [-0.15, -0.1) is 0 Å². The number of hydrogen-bond acceptors (Lipinski definition) is 5. The highest BCUT2D eigenvalue weighted by Crippen LogP contribution is 2.33. The van der Waals surface area contributed by atoms with Gasteiger partial charge in [0.15, 0.2) is 0 Å². The molecule has 0 fully saturated rings. The van der Waals surface area contributed by atoms with Gasteiger partial charge < -0.3 is 20.1 Å². The van der Waals surface area contributed by atoms with Crippen LogP contribution in [0.15, 0.2) is 48.5 Å². The Kier molecular flexibility index (Phi) is 11.6. The summed E-state index contributed by atoms with van der Waals surface area (Å²) in [4.78, 5) is 13.4. The Hall–Kier alpha value is -2.94. The predicted molar refractivity (Wildman–Crippen MR) is 141 cm³/mol. The number of rotatable bonds is 14. The number of amides is 1. The van der Waals surface area contributed by atoms with Crippen molar-refractivity contribution in [2.75, 3.05) is 26.1 Å². The lowest BCUT2D eigenvalue weighted by atomic mass is 9.98. The van der Waals surface area contributed by atoms with Crippen molar-refractivity contribution in [3.05, 3.63) is 54.1 Å². The molecule has 1 amide bonds. The molecule has 0 aliphatic carbocycles. The van der Waals surface area contributed by atoms with Crippen molar-refractivity contribution in [3.8, 4) is 11.5 Å². The fraction of sp³-hybridized carbons (Fsp3) is 0.536. The molecule has 0 aliphatic heterocycles. The van der Waals surface area contributed by atoms with E-state index in [-0.39, 0.29) is 29.9 Å². The Bertz CT molecular complexity index is 968. The third-order valence-corrected chi connectivity index (χ3v) is 5.90. The topological polar surface area (TPSA) is 71.6 Å². The van der Waals surface area contributed by atoms with Crippen LogP contribution in [0.4, 0.5) is 18.9 Å². The smallest absolute Gasteiger partial charge is 0.407 e. The molecular weight excluding hydrogens is 483 g/mol. The van der Waals surface area contributed by atoms with Crippen LogP contribution in [0, 0.1) is 11.8 Å². The number of hydrogen-bond donors (Lipinski definition) is 3. The molecule has 0 spiro atoms. The molecule has 0 unspecified atom stereocenters. The summed E-state index contributed by atoms with van der Waals surface area (Å²) in [6.45, 7) is 8.22. The molecule has 3 N–H and O–H groups in total. The first-order valence-electron chi connectivity index (χ1n) is 12.6. The molecule has 0 saturated heterocycles. The second kappa shape index (κ2) is 14.1. The van der Waals surface area contributed by atoms with Crippen LogP contribution in [-0.4, -0.2) is 44.9 Å². The fourth-order valence-electron chi connectivity index (χ4n) is 4.19. The van der Waals surface area contributed by atoms with Gasteiger partial charge in [-0.25, -0.2) is 0 Å².